The second-order valence-corrected chi connectivity index (χ2v) is 6.51. The molecule has 0 saturated carbocycles. The Morgan fingerprint density at radius 3 is 2.59 bits per heavy atom. The summed E-state index contributed by atoms with van der Waals surface area (Å²) >= 11 is 0. The van der Waals surface area contributed by atoms with Crippen LogP contribution in [-0.4, -0.2) is 36.0 Å². The Labute approximate surface area is 102 Å². The van der Waals surface area contributed by atoms with Gasteiger partial charge in [-0.1, -0.05) is 13.8 Å². The average molecular weight is 258 g/mol. The number of hydrogen-bond donors (Lipinski definition) is 2. The molecule has 0 amide bonds. The first-order valence-corrected chi connectivity index (χ1v) is 7.18. The van der Waals surface area contributed by atoms with Crippen molar-refractivity contribution in [3.8, 4) is 0 Å². The van der Waals surface area contributed by atoms with Crippen molar-refractivity contribution in [1.82, 2.24) is 14.5 Å². The number of hydrogen-bond acceptors (Lipinski definition) is 3. The topological polar surface area (TPSA) is 78.1 Å². The van der Waals surface area contributed by atoms with E-state index in [2.05, 4.69) is 28.8 Å². The fourth-order valence-corrected chi connectivity index (χ4v) is 3.74. The van der Waals surface area contributed by atoms with Crippen molar-refractivity contribution in [3.05, 3.63) is 12.3 Å². The molecule has 96 valence electrons. The zero-order valence-electron chi connectivity index (χ0n) is 10.0. The lowest BCUT2D eigenvalue weighted by atomic mass is 9.94. The van der Waals surface area contributed by atoms with Crippen molar-refractivity contribution in [1.29, 1.82) is 0 Å². The highest BCUT2D eigenvalue weighted by atomic mass is 32.2. The largest absolute Gasteiger partial charge is 0.302 e. The number of aromatic nitrogens is 2. The Hall–Kier alpha value is -1.08. The van der Waals surface area contributed by atoms with E-state index >= 15 is 0 Å². The van der Waals surface area contributed by atoms with Gasteiger partial charge in [0.1, 0.15) is 5.82 Å². The zero-order chi connectivity index (χ0) is 12.5. The number of anilines is 1. The van der Waals surface area contributed by atoms with Crippen LogP contribution in [0.15, 0.2) is 12.3 Å². The Balaban J connectivity index is 2.09. The van der Waals surface area contributed by atoms with Gasteiger partial charge in [0.2, 0.25) is 0 Å². The zero-order valence-corrected chi connectivity index (χ0v) is 10.9. The second-order valence-electron chi connectivity index (χ2n) is 4.84. The van der Waals surface area contributed by atoms with Crippen LogP contribution in [0.3, 0.4) is 0 Å². The molecular formula is C10H18N4O2S. The van der Waals surface area contributed by atoms with Crippen LogP contribution in [0, 0.1) is 11.8 Å². The molecule has 1 aromatic rings. The molecule has 2 unspecified atom stereocenters. The molecule has 7 heteroatoms. The Morgan fingerprint density at radius 1 is 1.41 bits per heavy atom. The van der Waals surface area contributed by atoms with Gasteiger partial charge in [0, 0.05) is 19.2 Å². The molecule has 0 spiro atoms. The highest BCUT2D eigenvalue weighted by molar-refractivity contribution is 7.90. The van der Waals surface area contributed by atoms with E-state index in [-0.39, 0.29) is 0 Å². The van der Waals surface area contributed by atoms with E-state index in [4.69, 9.17) is 0 Å². The van der Waals surface area contributed by atoms with Gasteiger partial charge in [-0.3, -0.25) is 9.82 Å². The fraction of sp³-hybridized carbons (Fsp3) is 0.700. The molecule has 0 bridgehead atoms. The predicted octanol–water partition coefficient (Wildman–Crippen LogP) is 1.04. The molecule has 1 fully saturated rings. The van der Waals surface area contributed by atoms with Gasteiger partial charge in [-0.2, -0.15) is 17.8 Å². The van der Waals surface area contributed by atoms with Gasteiger partial charge in [-0.05, 0) is 18.3 Å². The van der Waals surface area contributed by atoms with Crippen molar-refractivity contribution < 1.29 is 8.42 Å². The van der Waals surface area contributed by atoms with Crippen molar-refractivity contribution >= 4 is 16.0 Å². The van der Waals surface area contributed by atoms with E-state index in [1.165, 1.54) is 10.5 Å². The lowest BCUT2D eigenvalue weighted by Gasteiger charge is -2.33. The van der Waals surface area contributed by atoms with Gasteiger partial charge in [0.05, 0.1) is 6.20 Å². The van der Waals surface area contributed by atoms with Crippen LogP contribution < -0.4 is 4.72 Å². The third-order valence-corrected chi connectivity index (χ3v) is 4.37. The molecule has 0 aliphatic carbocycles. The van der Waals surface area contributed by atoms with Crippen molar-refractivity contribution in [2.45, 2.75) is 20.3 Å². The molecule has 2 N–H and O–H groups in total. The summed E-state index contributed by atoms with van der Waals surface area (Å²) in [5.74, 6) is 1.20. The van der Waals surface area contributed by atoms with E-state index in [9.17, 15) is 8.42 Å². The van der Waals surface area contributed by atoms with Crippen molar-refractivity contribution in [2.75, 3.05) is 17.8 Å². The maximum atomic E-state index is 12.1. The van der Waals surface area contributed by atoms with Gasteiger partial charge in [-0.15, -0.1) is 0 Å². The second kappa shape index (κ2) is 4.66. The van der Waals surface area contributed by atoms with Crippen LogP contribution in [-0.2, 0) is 10.2 Å². The van der Waals surface area contributed by atoms with Crippen molar-refractivity contribution in [3.63, 3.8) is 0 Å². The van der Waals surface area contributed by atoms with E-state index in [1.807, 2.05) is 0 Å². The minimum absolute atomic E-state index is 0.399. The fourth-order valence-electron chi connectivity index (χ4n) is 2.32. The standard InChI is InChI=1S/C10H18N4O2S/c1-8-5-9(2)7-14(6-8)17(15,16)13-10-3-4-11-12-10/h3-4,8-9H,5-7H2,1-2H3,(H2,11,12,13). The molecule has 6 nitrogen and oxygen atoms in total. The monoisotopic (exact) mass is 258 g/mol. The molecule has 2 rings (SSSR count). The summed E-state index contributed by atoms with van der Waals surface area (Å²) in [6.45, 7) is 5.31. The minimum atomic E-state index is -3.46. The van der Waals surface area contributed by atoms with Gasteiger partial charge < -0.3 is 0 Å². The van der Waals surface area contributed by atoms with E-state index < -0.39 is 10.2 Å². The summed E-state index contributed by atoms with van der Waals surface area (Å²) < 4.78 is 28.2. The lowest BCUT2D eigenvalue weighted by molar-refractivity contribution is 0.223. The molecule has 2 heterocycles. The van der Waals surface area contributed by atoms with Crippen molar-refractivity contribution in [2.24, 2.45) is 11.8 Å². The summed E-state index contributed by atoms with van der Waals surface area (Å²) in [5, 5.41) is 6.30. The number of aromatic amines is 1. The molecular weight excluding hydrogens is 240 g/mol. The SMILES string of the molecule is CC1CC(C)CN(S(=O)(=O)Nc2ccn[nH]2)C1. The first-order chi connectivity index (χ1) is 7.97. The molecule has 2 atom stereocenters. The van der Waals surface area contributed by atoms with Gasteiger partial charge in [0.15, 0.2) is 0 Å². The summed E-state index contributed by atoms with van der Waals surface area (Å²) in [7, 11) is -3.46. The minimum Gasteiger partial charge on any atom is -0.262 e. The summed E-state index contributed by atoms with van der Waals surface area (Å²) in [4.78, 5) is 0. The van der Waals surface area contributed by atoms with Crippen LogP contribution in [0.1, 0.15) is 20.3 Å². The van der Waals surface area contributed by atoms with Gasteiger partial charge in [-0.25, -0.2) is 0 Å². The molecule has 17 heavy (non-hydrogen) atoms. The number of piperidine rings is 1. The summed E-state index contributed by atoms with van der Waals surface area (Å²) in [5.41, 5.74) is 0. The number of rotatable bonds is 3. The molecule has 1 aliphatic heterocycles. The Morgan fingerprint density at radius 2 is 2.06 bits per heavy atom. The van der Waals surface area contributed by atoms with E-state index in [1.54, 1.807) is 6.07 Å². The third kappa shape index (κ3) is 2.98. The van der Waals surface area contributed by atoms with Gasteiger partial charge >= 0.3 is 10.2 Å². The summed E-state index contributed by atoms with van der Waals surface area (Å²) in [6.07, 6.45) is 2.59. The first-order valence-electron chi connectivity index (χ1n) is 5.74. The first kappa shape index (κ1) is 12.4. The molecule has 1 aliphatic rings. The quantitative estimate of drug-likeness (QED) is 0.850. The Kier molecular flexibility index (Phi) is 3.39. The molecule has 1 aromatic heterocycles. The Bertz CT molecular complexity index is 447. The molecule has 0 aromatic carbocycles. The maximum Gasteiger partial charge on any atom is 0.302 e. The van der Waals surface area contributed by atoms with Crippen LogP contribution in [0.5, 0.6) is 0 Å². The van der Waals surface area contributed by atoms with Gasteiger partial charge in [0.25, 0.3) is 0 Å². The number of H-pyrrole nitrogens is 1. The van der Waals surface area contributed by atoms with Crippen LogP contribution in [0.25, 0.3) is 0 Å². The maximum absolute atomic E-state index is 12.1. The average Bonchev–Trinajstić information content (AvgIpc) is 2.68. The van der Waals surface area contributed by atoms with Crippen LogP contribution in [0.2, 0.25) is 0 Å². The highest BCUT2D eigenvalue weighted by Gasteiger charge is 2.30. The summed E-state index contributed by atoms with van der Waals surface area (Å²) in [6, 6.07) is 1.59. The van der Waals surface area contributed by atoms with Crippen LogP contribution in [0.4, 0.5) is 5.82 Å². The molecule has 1 saturated heterocycles. The van der Waals surface area contributed by atoms with E-state index in [0.717, 1.165) is 6.42 Å². The molecule has 0 radical (unpaired) electrons. The highest BCUT2D eigenvalue weighted by Crippen LogP contribution is 2.23. The third-order valence-electron chi connectivity index (χ3n) is 2.91. The van der Waals surface area contributed by atoms with E-state index in [0.29, 0.717) is 30.7 Å². The normalized spacial score (nSPS) is 26.9. The van der Waals surface area contributed by atoms with Crippen LogP contribution >= 0.6 is 0 Å². The smallest absolute Gasteiger partial charge is 0.262 e. The number of nitrogens with zero attached hydrogens (tertiary/aromatic N) is 2. The number of nitrogens with one attached hydrogen (secondary N) is 2. The lowest BCUT2D eigenvalue weighted by Crippen LogP contribution is -2.45. The predicted molar refractivity (Wildman–Crippen MR) is 65.6 cm³/mol.